The van der Waals surface area contributed by atoms with Crippen molar-refractivity contribution >= 4 is 5.91 Å². The highest BCUT2D eigenvalue weighted by Crippen LogP contribution is 2.24. The van der Waals surface area contributed by atoms with Gasteiger partial charge in [-0.15, -0.1) is 0 Å². The minimum Gasteiger partial charge on any atom is -0.346 e. The van der Waals surface area contributed by atoms with Crippen molar-refractivity contribution in [2.75, 3.05) is 0 Å². The van der Waals surface area contributed by atoms with E-state index in [0.29, 0.717) is 13.0 Å². The number of carbonyl (C=O) groups excluding carboxylic acids is 1. The molecule has 1 aromatic carbocycles. The summed E-state index contributed by atoms with van der Waals surface area (Å²) in [5.74, 6) is 0.0890. The largest absolute Gasteiger partial charge is 0.346 e. The minimum absolute atomic E-state index is 0.0760. The van der Waals surface area contributed by atoms with Crippen LogP contribution in [0, 0.1) is 0 Å². The molecule has 7 nitrogen and oxygen atoms in total. The minimum atomic E-state index is -0.0760. The molecule has 0 unspecified atom stereocenters. The van der Waals surface area contributed by atoms with Crippen LogP contribution in [-0.2, 0) is 18.4 Å². The standard InChI is InChI=1S/C19H22N6O/c1-24-17(9-10-21-24)19-16(7-8-18(26)23-19)20-11-14-12-22-25(13-14)15-5-3-2-4-6-15/h2-6,9-10,12-13,16,19-20H,7-8,11H2,1H3,(H,23,26)/t16-,19-/m1/s1. The van der Waals surface area contributed by atoms with E-state index >= 15 is 0 Å². The number of hydrogen-bond donors (Lipinski definition) is 2. The summed E-state index contributed by atoms with van der Waals surface area (Å²) in [6.07, 6.45) is 7.00. The first kappa shape index (κ1) is 16.5. The molecule has 3 heterocycles. The van der Waals surface area contributed by atoms with Crippen molar-refractivity contribution in [3.8, 4) is 5.69 Å². The van der Waals surface area contributed by atoms with Crippen LogP contribution in [0.1, 0.15) is 30.1 Å². The van der Waals surface area contributed by atoms with Crippen molar-refractivity contribution in [2.45, 2.75) is 31.5 Å². The van der Waals surface area contributed by atoms with Gasteiger partial charge in [-0.3, -0.25) is 9.48 Å². The Morgan fingerprint density at radius 2 is 2.08 bits per heavy atom. The molecule has 1 aliphatic rings. The molecule has 2 atom stereocenters. The molecule has 134 valence electrons. The van der Waals surface area contributed by atoms with Crippen LogP contribution in [0.4, 0.5) is 0 Å². The molecule has 0 saturated carbocycles. The Hall–Kier alpha value is -2.93. The summed E-state index contributed by atoms with van der Waals surface area (Å²) >= 11 is 0. The van der Waals surface area contributed by atoms with Gasteiger partial charge in [-0.1, -0.05) is 18.2 Å². The molecule has 2 aromatic heterocycles. The van der Waals surface area contributed by atoms with Crippen LogP contribution in [0.2, 0.25) is 0 Å². The molecule has 1 amide bonds. The second-order valence-electron chi connectivity index (χ2n) is 6.58. The summed E-state index contributed by atoms with van der Waals surface area (Å²) in [5, 5.41) is 15.3. The summed E-state index contributed by atoms with van der Waals surface area (Å²) in [5.41, 5.74) is 3.15. The van der Waals surface area contributed by atoms with Crippen molar-refractivity contribution in [3.05, 3.63) is 66.2 Å². The highest BCUT2D eigenvalue weighted by Gasteiger charge is 2.31. The number of aryl methyl sites for hydroxylation is 1. The molecule has 1 fully saturated rings. The van der Waals surface area contributed by atoms with Crippen LogP contribution in [0.15, 0.2) is 55.0 Å². The van der Waals surface area contributed by atoms with E-state index in [2.05, 4.69) is 20.8 Å². The third-order valence-electron chi connectivity index (χ3n) is 4.80. The number of aromatic nitrogens is 4. The average molecular weight is 350 g/mol. The maximum absolute atomic E-state index is 11.9. The van der Waals surface area contributed by atoms with E-state index in [9.17, 15) is 4.79 Å². The molecule has 1 saturated heterocycles. The Morgan fingerprint density at radius 1 is 1.23 bits per heavy atom. The monoisotopic (exact) mass is 350 g/mol. The number of benzene rings is 1. The van der Waals surface area contributed by atoms with Gasteiger partial charge in [0, 0.05) is 44.0 Å². The van der Waals surface area contributed by atoms with Crippen molar-refractivity contribution < 1.29 is 4.79 Å². The van der Waals surface area contributed by atoms with Crippen LogP contribution >= 0.6 is 0 Å². The van der Waals surface area contributed by atoms with Gasteiger partial charge in [-0.05, 0) is 24.6 Å². The van der Waals surface area contributed by atoms with Gasteiger partial charge >= 0.3 is 0 Å². The lowest BCUT2D eigenvalue weighted by molar-refractivity contribution is -0.124. The van der Waals surface area contributed by atoms with Crippen LogP contribution in [0.3, 0.4) is 0 Å². The maximum Gasteiger partial charge on any atom is 0.220 e. The van der Waals surface area contributed by atoms with E-state index in [0.717, 1.165) is 23.4 Å². The molecular weight excluding hydrogens is 328 g/mol. The highest BCUT2D eigenvalue weighted by molar-refractivity contribution is 5.77. The average Bonchev–Trinajstić information content (AvgIpc) is 3.30. The van der Waals surface area contributed by atoms with Gasteiger partial charge in [0.05, 0.1) is 23.6 Å². The Labute approximate surface area is 152 Å². The molecule has 4 rings (SSSR count). The first-order valence-corrected chi connectivity index (χ1v) is 8.80. The highest BCUT2D eigenvalue weighted by atomic mass is 16.1. The lowest BCUT2D eigenvalue weighted by Gasteiger charge is -2.33. The van der Waals surface area contributed by atoms with Gasteiger partial charge in [0.25, 0.3) is 0 Å². The van der Waals surface area contributed by atoms with Crippen LogP contribution in [-0.4, -0.2) is 31.5 Å². The predicted molar refractivity (Wildman–Crippen MR) is 97.5 cm³/mol. The Morgan fingerprint density at radius 3 is 2.85 bits per heavy atom. The zero-order valence-electron chi connectivity index (χ0n) is 14.7. The van der Waals surface area contributed by atoms with Gasteiger partial charge in [0.1, 0.15) is 0 Å². The molecule has 1 aliphatic heterocycles. The van der Waals surface area contributed by atoms with Gasteiger partial charge in [0.15, 0.2) is 0 Å². The van der Waals surface area contributed by atoms with E-state index in [1.54, 1.807) is 6.20 Å². The molecule has 7 heteroatoms. The fourth-order valence-corrected chi connectivity index (χ4v) is 3.41. The third-order valence-corrected chi connectivity index (χ3v) is 4.80. The van der Waals surface area contributed by atoms with E-state index in [1.807, 2.05) is 65.2 Å². The van der Waals surface area contributed by atoms with Gasteiger partial charge < -0.3 is 10.6 Å². The van der Waals surface area contributed by atoms with Crippen molar-refractivity contribution in [1.29, 1.82) is 0 Å². The van der Waals surface area contributed by atoms with Crippen LogP contribution in [0.25, 0.3) is 5.69 Å². The number of para-hydroxylation sites is 1. The van der Waals surface area contributed by atoms with E-state index < -0.39 is 0 Å². The Balaban J connectivity index is 1.45. The first-order valence-electron chi connectivity index (χ1n) is 8.80. The summed E-state index contributed by atoms with van der Waals surface area (Å²) in [4.78, 5) is 11.9. The lowest BCUT2D eigenvalue weighted by atomic mass is 9.95. The fourth-order valence-electron chi connectivity index (χ4n) is 3.41. The molecule has 26 heavy (non-hydrogen) atoms. The Kier molecular flexibility index (Phi) is 4.53. The second-order valence-corrected chi connectivity index (χ2v) is 6.58. The summed E-state index contributed by atoms with van der Waals surface area (Å²) < 4.78 is 3.69. The number of carbonyl (C=O) groups is 1. The third kappa shape index (κ3) is 3.39. The van der Waals surface area contributed by atoms with E-state index in [4.69, 9.17) is 0 Å². The summed E-state index contributed by atoms with van der Waals surface area (Å²) in [6.45, 7) is 0.696. The number of nitrogens with zero attached hydrogens (tertiary/aromatic N) is 4. The number of hydrogen-bond acceptors (Lipinski definition) is 4. The number of amides is 1. The van der Waals surface area contributed by atoms with Gasteiger partial charge in [-0.25, -0.2) is 4.68 Å². The maximum atomic E-state index is 11.9. The molecule has 3 aromatic rings. The quantitative estimate of drug-likeness (QED) is 0.734. The normalized spacial score (nSPS) is 20.1. The van der Waals surface area contributed by atoms with Gasteiger partial charge in [0.2, 0.25) is 5.91 Å². The zero-order chi connectivity index (χ0) is 17.9. The molecule has 0 radical (unpaired) electrons. The van der Waals surface area contributed by atoms with E-state index in [1.165, 1.54) is 0 Å². The van der Waals surface area contributed by atoms with Crippen LogP contribution in [0.5, 0.6) is 0 Å². The van der Waals surface area contributed by atoms with Crippen molar-refractivity contribution in [1.82, 2.24) is 30.2 Å². The Bertz CT molecular complexity index is 884. The second kappa shape index (κ2) is 7.13. The smallest absolute Gasteiger partial charge is 0.220 e. The van der Waals surface area contributed by atoms with Crippen molar-refractivity contribution in [3.63, 3.8) is 0 Å². The van der Waals surface area contributed by atoms with Crippen LogP contribution < -0.4 is 10.6 Å². The fraction of sp³-hybridized carbons (Fsp3) is 0.316. The molecule has 0 spiro atoms. The van der Waals surface area contributed by atoms with Gasteiger partial charge in [-0.2, -0.15) is 10.2 Å². The number of rotatable bonds is 5. The van der Waals surface area contributed by atoms with Crippen molar-refractivity contribution in [2.24, 2.45) is 7.05 Å². The lowest BCUT2D eigenvalue weighted by Crippen LogP contribution is -2.48. The molecule has 2 N–H and O–H groups in total. The summed E-state index contributed by atoms with van der Waals surface area (Å²) in [7, 11) is 1.90. The number of nitrogens with one attached hydrogen (secondary N) is 2. The zero-order valence-corrected chi connectivity index (χ0v) is 14.7. The summed E-state index contributed by atoms with van der Waals surface area (Å²) in [6, 6.07) is 12.1. The number of piperidine rings is 1. The first-order chi connectivity index (χ1) is 12.7. The molecule has 0 bridgehead atoms. The predicted octanol–water partition coefficient (Wildman–Crippen LogP) is 1.72. The SMILES string of the molecule is Cn1nccc1[C@@H]1NC(=O)CC[C@H]1NCc1cnn(-c2ccccc2)c1. The topological polar surface area (TPSA) is 76.8 Å². The van der Waals surface area contributed by atoms with E-state index in [-0.39, 0.29) is 18.0 Å². The molecular formula is C19H22N6O. The molecule has 0 aliphatic carbocycles.